The van der Waals surface area contributed by atoms with Gasteiger partial charge in [0.2, 0.25) is 0 Å². The van der Waals surface area contributed by atoms with E-state index in [1.165, 1.54) is 22.0 Å². The molecule has 1 aromatic heterocycles. The Bertz CT molecular complexity index is 521. The first-order chi connectivity index (χ1) is 8.00. The Morgan fingerprint density at radius 3 is 2.53 bits per heavy atom. The monoisotopic (exact) mass is 230 g/mol. The second-order valence-electron chi connectivity index (χ2n) is 5.31. The second kappa shape index (κ2) is 4.53. The van der Waals surface area contributed by atoms with Gasteiger partial charge in [-0.05, 0) is 51.3 Å². The summed E-state index contributed by atoms with van der Waals surface area (Å²) in [5.74, 6) is 0. The van der Waals surface area contributed by atoms with E-state index >= 15 is 0 Å². The highest BCUT2D eigenvalue weighted by atomic mass is 15.0. The number of aryl methyl sites for hydroxylation is 1. The number of fused-ring (bicyclic) bond motifs is 1. The Morgan fingerprint density at radius 2 is 1.94 bits per heavy atom. The van der Waals surface area contributed by atoms with Crippen molar-refractivity contribution in [1.82, 2.24) is 4.57 Å². The van der Waals surface area contributed by atoms with Gasteiger partial charge >= 0.3 is 0 Å². The molecular formula is C15H22N2. The molecule has 1 aromatic carbocycles. The number of hydrogen-bond donors (Lipinski definition) is 1. The summed E-state index contributed by atoms with van der Waals surface area (Å²) in [6.45, 7) is 8.69. The van der Waals surface area contributed by atoms with Crippen LogP contribution < -0.4 is 5.73 Å². The van der Waals surface area contributed by atoms with Crippen LogP contribution in [0.1, 0.15) is 37.9 Å². The fraction of sp³-hybridized carbons (Fsp3) is 0.467. The standard InChI is InChI=1S/C15H22N2/c1-10(2)17-9-11(3)15-13(8-12(4)16)6-5-7-14(15)17/h5-7,9-10,12H,8,16H2,1-4H3. The van der Waals surface area contributed by atoms with Crippen LogP contribution in [0, 0.1) is 6.92 Å². The van der Waals surface area contributed by atoms with Crippen molar-refractivity contribution in [2.24, 2.45) is 5.73 Å². The molecule has 2 nitrogen and oxygen atoms in total. The molecule has 17 heavy (non-hydrogen) atoms. The summed E-state index contributed by atoms with van der Waals surface area (Å²) in [5, 5.41) is 1.39. The van der Waals surface area contributed by atoms with Gasteiger partial charge in [-0.2, -0.15) is 0 Å². The van der Waals surface area contributed by atoms with Crippen molar-refractivity contribution in [2.45, 2.75) is 46.2 Å². The molecule has 0 fully saturated rings. The number of nitrogens with zero attached hydrogens (tertiary/aromatic N) is 1. The highest BCUT2D eigenvalue weighted by Gasteiger charge is 2.11. The Kier molecular flexibility index (Phi) is 3.25. The van der Waals surface area contributed by atoms with Crippen LogP contribution in [-0.4, -0.2) is 10.6 Å². The Morgan fingerprint density at radius 1 is 1.24 bits per heavy atom. The van der Waals surface area contributed by atoms with E-state index in [1.807, 2.05) is 0 Å². The Labute approximate surface area is 103 Å². The molecule has 92 valence electrons. The largest absolute Gasteiger partial charge is 0.345 e. The molecule has 0 aliphatic heterocycles. The molecule has 0 saturated heterocycles. The summed E-state index contributed by atoms with van der Waals surface area (Å²) in [5.41, 5.74) is 9.98. The van der Waals surface area contributed by atoms with Gasteiger partial charge in [0.05, 0.1) is 0 Å². The normalized spacial score (nSPS) is 13.5. The third-order valence-electron chi connectivity index (χ3n) is 3.23. The summed E-state index contributed by atoms with van der Waals surface area (Å²) in [7, 11) is 0. The second-order valence-corrected chi connectivity index (χ2v) is 5.31. The topological polar surface area (TPSA) is 30.9 Å². The number of aromatic nitrogens is 1. The Balaban J connectivity index is 2.64. The van der Waals surface area contributed by atoms with Gasteiger partial charge in [0.1, 0.15) is 0 Å². The lowest BCUT2D eigenvalue weighted by Gasteiger charge is -2.11. The van der Waals surface area contributed by atoms with E-state index in [9.17, 15) is 0 Å². The van der Waals surface area contributed by atoms with Crippen molar-refractivity contribution < 1.29 is 0 Å². The van der Waals surface area contributed by atoms with Crippen molar-refractivity contribution in [1.29, 1.82) is 0 Å². The van der Waals surface area contributed by atoms with E-state index in [0.717, 1.165) is 6.42 Å². The van der Waals surface area contributed by atoms with Crippen LogP contribution in [-0.2, 0) is 6.42 Å². The smallest absolute Gasteiger partial charge is 0.0488 e. The predicted molar refractivity (Wildman–Crippen MR) is 74.4 cm³/mol. The molecule has 2 N–H and O–H groups in total. The lowest BCUT2D eigenvalue weighted by atomic mass is 10.0. The molecule has 0 spiro atoms. The number of hydrogen-bond acceptors (Lipinski definition) is 1. The predicted octanol–water partition coefficient (Wildman–Crippen LogP) is 3.42. The molecule has 1 heterocycles. The van der Waals surface area contributed by atoms with Crippen molar-refractivity contribution >= 4 is 10.9 Å². The highest BCUT2D eigenvalue weighted by Crippen LogP contribution is 2.27. The van der Waals surface area contributed by atoms with Gasteiger partial charge in [0.15, 0.2) is 0 Å². The first-order valence-electron chi connectivity index (χ1n) is 6.35. The maximum atomic E-state index is 5.93. The van der Waals surface area contributed by atoms with E-state index in [4.69, 9.17) is 5.73 Å². The van der Waals surface area contributed by atoms with Crippen LogP contribution in [0.4, 0.5) is 0 Å². The SMILES string of the molecule is Cc1cn(C(C)C)c2cccc(CC(C)N)c12. The van der Waals surface area contributed by atoms with E-state index in [-0.39, 0.29) is 6.04 Å². The van der Waals surface area contributed by atoms with Crippen LogP contribution in [0.5, 0.6) is 0 Å². The zero-order valence-electron chi connectivity index (χ0n) is 11.2. The van der Waals surface area contributed by atoms with Gasteiger partial charge < -0.3 is 10.3 Å². The van der Waals surface area contributed by atoms with E-state index in [2.05, 4.69) is 56.7 Å². The molecule has 0 saturated carbocycles. The lowest BCUT2D eigenvalue weighted by Crippen LogP contribution is -2.17. The maximum Gasteiger partial charge on any atom is 0.0488 e. The average molecular weight is 230 g/mol. The third-order valence-corrected chi connectivity index (χ3v) is 3.23. The number of nitrogens with two attached hydrogens (primary N) is 1. The van der Waals surface area contributed by atoms with Crippen LogP contribution in [0.25, 0.3) is 10.9 Å². The zero-order chi connectivity index (χ0) is 12.6. The van der Waals surface area contributed by atoms with Crippen LogP contribution >= 0.6 is 0 Å². The summed E-state index contributed by atoms with van der Waals surface area (Å²) in [4.78, 5) is 0. The van der Waals surface area contributed by atoms with Crippen molar-refractivity contribution in [2.75, 3.05) is 0 Å². The lowest BCUT2D eigenvalue weighted by molar-refractivity contribution is 0.622. The van der Waals surface area contributed by atoms with Crippen molar-refractivity contribution in [3.05, 3.63) is 35.5 Å². The van der Waals surface area contributed by atoms with E-state index in [0.29, 0.717) is 6.04 Å². The number of benzene rings is 1. The molecular weight excluding hydrogens is 208 g/mol. The third kappa shape index (κ3) is 2.22. The quantitative estimate of drug-likeness (QED) is 0.860. The minimum absolute atomic E-state index is 0.211. The fourth-order valence-electron chi connectivity index (χ4n) is 2.54. The van der Waals surface area contributed by atoms with Gasteiger partial charge in [0, 0.05) is 29.2 Å². The molecule has 2 aromatic rings. The van der Waals surface area contributed by atoms with Gasteiger partial charge in [0.25, 0.3) is 0 Å². The Hall–Kier alpha value is -1.28. The van der Waals surface area contributed by atoms with Crippen LogP contribution in [0.3, 0.4) is 0 Å². The molecule has 1 atom stereocenters. The number of rotatable bonds is 3. The van der Waals surface area contributed by atoms with Gasteiger partial charge in [-0.3, -0.25) is 0 Å². The van der Waals surface area contributed by atoms with Crippen molar-refractivity contribution in [3.63, 3.8) is 0 Å². The summed E-state index contributed by atoms with van der Waals surface area (Å²) in [6, 6.07) is 7.24. The molecule has 0 aliphatic rings. The minimum Gasteiger partial charge on any atom is -0.345 e. The molecule has 2 heteroatoms. The summed E-state index contributed by atoms with van der Waals surface area (Å²) < 4.78 is 2.34. The van der Waals surface area contributed by atoms with Gasteiger partial charge in [-0.15, -0.1) is 0 Å². The molecule has 0 radical (unpaired) electrons. The van der Waals surface area contributed by atoms with E-state index < -0.39 is 0 Å². The summed E-state index contributed by atoms with van der Waals surface area (Å²) in [6.07, 6.45) is 3.19. The van der Waals surface area contributed by atoms with E-state index in [1.54, 1.807) is 0 Å². The summed E-state index contributed by atoms with van der Waals surface area (Å²) >= 11 is 0. The van der Waals surface area contributed by atoms with Crippen LogP contribution in [0.15, 0.2) is 24.4 Å². The minimum atomic E-state index is 0.211. The average Bonchev–Trinajstić information content (AvgIpc) is 2.56. The van der Waals surface area contributed by atoms with Crippen molar-refractivity contribution in [3.8, 4) is 0 Å². The van der Waals surface area contributed by atoms with Crippen LogP contribution in [0.2, 0.25) is 0 Å². The molecule has 0 aliphatic carbocycles. The zero-order valence-corrected chi connectivity index (χ0v) is 11.2. The molecule has 1 unspecified atom stereocenters. The fourth-order valence-corrected chi connectivity index (χ4v) is 2.54. The van der Waals surface area contributed by atoms with Gasteiger partial charge in [-0.1, -0.05) is 12.1 Å². The maximum absolute atomic E-state index is 5.93. The van der Waals surface area contributed by atoms with Gasteiger partial charge in [-0.25, -0.2) is 0 Å². The first kappa shape index (κ1) is 12.2. The first-order valence-corrected chi connectivity index (χ1v) is 6.35. The molecule has 0 amide bonds. The molecule has 0 bridgehead atoms. The molecule has 2 rings (SSSR count). The highest BCUT2D eigenvalue weighted by molar-refractivity contribution is 5.87.